The minimum absolute atomic E-state index is 0.315. The van der Waals surface area contributed by atoms with E-state index in [1.807, 2.05) is 0 Å². The molecular weight excluding hydrogens is 318 g/mol. The molecule has 0 spiro atoms. The average Bonchev–Trinajstić information content (AvgIpc) is 3.28. The topological polar surface area (TPSA) is 20.3 Å². The monoisotopic (exact) mass is 357 g/mol. The Morgan fingerprint density at radius 3 is 2.46 bits per heavy atom. The summed E-state index contributed by atoms with van der Waals surface area (Å²) in [6.07, 6.45) is 15.2. The van der Waals surface area contributed by atoms with E-state index in [2.05, 4.69) is 18.7 Å². The molecule has 0 aromatic heterocycles. The van der Waals surface area contributed by atoms with Crippen molar-refractivity contribution in [2.75, 3.05) is 13.1 Å². The van der Waals surface area contributed by atoms with Crippen molar-refractivity contribution in [1.82, 2.24) is 4.90 Å². The van der Waals surface area contributed by atoms with Crippen LogP contribution in [0.25, 0.3) is 0 Å². The van der Waals surface area contributed by atoms with Crippen LogP contribution in [0, 0.1) is 46.8 Å². The zero-order valence-corrected chi connectivity index (χ0v) is 17.1. The highest BCUT2D eigenvalue weighted by Crippen LogP contribution is 2.64. The molecule has 146 valence electrons. The number of carbonyl (C=O) groups excluding carboxylic acids is 1. The Morgan fingerprint density at radius 1 is 0.885 bits per heavy atom. The smallest absolute Gasteiger partial charge is 0.226 e. The van der Waals surface area contributed by atoms with Crippen LogP contribution in [0.4, 0.5) is 0 Å². The Balaban J connectivity index is 1.34. The summed E-state index contributed by atoms with van der Waals surface area (Å²) in [6.45, 7) is 7.06. The highest BCUT2D eigenvalue weighted by molar-refractivity contribution is 5.80. The van der Waals surface area contributed by atoms with E-state index in [-0.39, 0.29) is 0 Å². The summed E-state index contributed by atoms with van der Waals surface area (Å²) in [5.74, 6) is 6.70. The third-order valence-electron chi connectivity index (χ3n) is 9.93. The van der Waals surface area contributed by atoms with Crippen LogP contribution in [0.2, 0.25) is 0 Å². The molecule has 0 N–H and O–H groups in total. The van der Waals surface area contributed by atoms with Gasteiger partial charge in [0, 0.05) is 19.0 Å². The van der Waals surface area contributed by atoms with Gasteiger partial charge in [0.25, 0.3) is 0 Å². The quantitative estimate of drug-likeness (QED) is 0.605. The van der Waals surface area contributed by atoms with Gasteiger partial charge in [-0.3, -0.25) is 4.79 Å². The van der Waals surface area contributed by atoms with Crippen LogP contribution in [0.15, 0.2) is 0 Å². The lowest BCUT2D eigenvalue weighted by Crippen LogP contribution is -2.50. The molecule has 5 rings (SSSR count). The third-order valence-corrected chi connectivity index (χ3v) is 9.93. The second-order valence-corrected chi connectivity index (χ2v) is 11.1. The Kier molecular flexibility index (Phi) is 4.40. The first-order chi connectivity index (χ1) is 12.6. The zero-order chi connectivity index (χ0) is 17.9. The standard InChI is InChI=1S/C24H39NO/c1-16-5-7-18-17(15-16)6-8-20-19(18)11-12-24(2)21(20)9-10-22(24)23(26)25-13-3-4-14-25/h16-22H,3-15H2,1-2H3/t16?,17?,18-,19?,20+,21?,22?,24-/m0/s1. The minimum Gasteiger partial charge on any atom is -0.342 e. The fourth-order valence-corrected chi connectivity index (χ4v) is 8.65. The Morgan fingerprint density at radius 2 is 1.65 bits per heavy atom. The van der Waals surface area contributed by atoms with Crippen LogP contribution < -0.4 is 0 Å². The molecule has 2 nitrogen and oxygen atoms in total. The van der Waals surface area contributed by atoms with Gasteiger partial charge in [0.1, 0.15) is 0 Å². The Hall–Kier alpha value is -0.530. The van der Waals surface area contributed by atoms with Crippen molar-refractivity contribution in [3.05, 3.63) is 0 Å². The predicted octanol–water partition coefficient (Wildman–Crippen LogP) is 5.51. The van der Waals surface area contributed by atoms with Crippen molar-refractivity contribution >= 4 is 5.91 Å². The lowest BCUT2D eigenvalue weighted by atomic mass is 9.49. The molecule has 0 bridgehead atoms. The number of fused-ring (bicyclic) bond motifs is 5. The third kappa shape index (κ3) is 2.60. The van der Waals surface area contributed by atoms with Crippen LogP contribution in [0.1, 0.15) is 84.5 Å². The normalized spacial score (nSPS) is 50.8. The second-order valence-electron chi connectivity index (χ2n) is 11.1. The van der Waals surface area contributed by atoms with Gasteiger partial charge in [-0.15, -0.1) is 0 Å². The van der Waals surface area contributed by atoms with E-state index < -0.39 is 0 Å². The number of hydrogen-bond donors (Lipinski definition) is 0. The summed E-state index contributed by atoms with van der Waals surface area (Å²) in [6, 6.07) is 0. The summed E-state index contributed by atoms with van der Waals surface area (Å²) in [4.78, 5) is 15.5. The van der Waals surface area contributed by atoms with E-state index in [9.17, 15) is 4.79 Å². The molecule has 4 aliphatic carbocycles. The highest BCUT2D eigenvalue weighted by Gasteiger charge is 2.58. The van der Waals surface area contributed by atoms with Crippen molar-refractivity contribution in [2.45, 2.75) is 84.5 Å². The Bertz CT molecular complexity index is 552. The second kappa shape index (κ2) is 6.52. The molecule has 2 heteroatoms. The lowest BCUT2D eigenvalue weighted by Gasteiger charge is -2.56. The first-order valence-electron chi connectivity index (χ1n) is 11.9. The molecule has 0 aromatic carbocycles. The summed E-state index contributed by atoms with van der Waals surface area (Å²) >= 11 is 0. The van der Waals surface area contributed by atoms with Crippen molar-refractivity contribution in [3.63, 3.8) is 0 Å². The van der Waals surface area contributed by atoms with Crippen LogP contribution in [-0.2, 0) is 4.79 Å². The number of carbonyl (C=O) groups is 1. The van der Waals surface area contributed by atoms with Crippen LogP contribution in [-0.4, -0.2) is 23.9 Å². The van der Waals surface area contributed by atoms with Gasteiger partial charge in [0.15, 0.2) is 0 Å². The molecule has 5 unspecified atom stereocenters. The van der Waals surface area contributed by atoms with Gasteiger partial charge in [-0.25, -0.2) is 0 Å². The van der Waals surface area contributed by atoms with E-state index in [1.165, 1.54) is 70.6 Å². The number of amides is 1. The molecule has 5 fully saturated rings. The van der Waals surface area contributed by atoms with Gasteiger partial charge >= 0.3 is 0 Å². The van der Waals surface area contributed by atoms with Gasteiger partial charge in [-0.1, -0.05) is 20.3 Å². The lowest BCUT2D eigenvalue weighted by molar-refractivity contribution is -0.142. The number of nitrogens with zero attached hydrogens (tertiary/aromatic N) is 1. The maximum atomic E-state index is 13.3. The van der Waals surface area contributed by atoms with Crippen LogP contribution >= 0.6 is 0 Å². The van der Waals surface area contributed by atoms with E-state index in [0.717, 1.165) is 48.6 Å². The summed E-state index contributed by atoms with van der Waals surface area (Å²) in [5.41, 5.74) is 0.315. The number of likely N-dealkylation sites (tertiary alicyclic amines) is 1. The van der Waals surface area contributed by atoms with Crippen LogP contribution in [0.5, 0.6) is 0 Å². The van der Waals surface area contributed by atoms with Gasteiger partial charge in [0.2, 0.25) is 5.91 Å². The number of rotatable bonds is 1. The van der Waals surface area contributed by atoms with Crippen molar-refractivity contribution in [2.24, 2.45) is 46.8 Å². The molecule has 8 atom stereocenters. The van der Waals surface area contributed by atoms with Gasteiger partial charge in [0.05, 0.1) is 0 Å². The number of hydrogen-bond acceptors (Lipinski definition) is 1. The fraction of sp³-hybridized carbons (Fsp3) is 0.958. The van der Waals surface area contributed by atoms with Gasteiger partial charge < -0.3 is 4.90 Å². The predicted molar refractivity (Wildman–Crippen MR) is 106 cm³/mol. The fourth-order valence-electron chi connectivity index (χ4n) is 8.65. The van der Waals surface area contributed by atoms with E-state index in [0.29, 0.717) is 17.2 Å². The van der Waals surface area contributed by atoms with Crippen molar-refractivity contribution in [1.29, 1.82) is 0 Å². The molecule has 26 heavy (non-hydrogen) atoms. The molecule has 5 aliphatic rings. The van der Waals surface area contributed by atoms with Crippen molar-refractivity contribution < 1.29 is 4.79 Å². The zero-order valence-electron chi connectivity index (χ0n) is 17.1. The maximum absolute atomic E-state index is 13.3. The molecule has 4 saturated carbocycles. The highest BCUT2D eigenvalue weighted by atomic mass is 16.2. The van der Waals surface area contributed by atoms with Gasteiger partial charge in [-0.05, 0) is 105 Å². The molecule has 1 aliphatic heterocycles. The average molecular weight is 358 g/mol. The van der Waals surface area contributed by atoms with Crippen molar-refractivity contribution in [3.8, 4) is 0 Å². The molecule has 0 aromatic rings. The molecule has 1 saturated heterocycles. The largest absolute Gasteiger partial charge is 0.342 e. The van der Waals surface area contributed by atoms with E-state index >= 15 is 0 Å². The summed E-state index contributed by atoms with van der Waals surface area (Å²) < 4.78 is 0. The van der Waals surface area contributed by atoms with Crippen LogP contribution in [0.3, 0.4) is 0 Å². The van der Waals surface area contributed by atoms with E-state index in [4.69, 9.17) is 0 Å². The molecule has 1 heterocycles. The van der Waals surface area contributed by atoms with Gasteiger partial charge in [-0.2, -0.15) is 0 Å². The SMILES string of the molecule is CC1CC[C@H]2C(CC[C@@H]3C2CC[C@]2(C)C(C(=O)N4CCCC4)CCC32)C1. The first kappa shape index (κ1) is 17.6. The minimum atomic E-state index is 0.315. The van der Waals surface area contributed by atoms with E-state index in [1.54, 1.807) is 0 Å². The summed E-state index contributed by atoms with van der Waals surface area (Å²) in [5, 5.41) is 0. The molecular formula is C24H39NO. The maximum Gasteiger partial charge on any atom is 0.226 e. The molecule has 1 amide bonds. The Labute approximate surface area is 160 Å². The first-order valence-corrected chi connectivity index (χ1v) is 11.9. The molecule has 0 radical (unpaired) electrons. The summed E-state index contributed by atoms with van der Waals surface area (Å²) in [7, 11) is 0.